The van der Waals surface area contributed by atoms with E-state index in [1.807, 2.05) is 4.90 Å². The van der Waals surface area contributed by atoms with E-state index in [0.29, 0.717) is 52.7 Å². The van der Waals surface area contributed by atoms with Gasteiger partial charge in [-0.3, -0.25) is 14.4 Å². The number of nitrogens with zero attached hydrogens (tertiary/aromatic N) is 3. The largest absolute Gasteiger partial charge is 0.481 e. The molecule has 1 atom stereocenters. The monoisotopic (exact) mass is 574 g/mol. The van der Waals surface area contributed by atoms with Gasteiger partial charge in [0.1, 0.15) is 0 Å². The highest BCUT2D eigenvalue weighted by atomic mass is 35.5. The van der Waals surface area contributed by atoms with Crippen LogP contribution < -0.4 is 5.32 Å². The molecule has 2 aliphatic rings. The molecule has 208 valence electrons. The number of carboxylic acid groups (broad SMARTS) is 1. The number of halogens is 2. The number of carboxylic acids is 1. The molecule has 2 saturated heterocycles. The number of carbonyl (C=O) groups excluding carboxylic acids is 3. The zero-order valence-corrected chi connectivity index (χ0v) is 23.1. The molecule has 2 aliphatic heterocycles. The fraction of sp³-hybridized carbons (Fsp3) is 0.429. The summed E-state index contributed by atoms with van der Waals surface area (Å²) in [6.45, 7) is 2.72. The van der Waals surface area contributed by atoms with Gasteiger partial charge in [0.15, 0.2) is 0 Å². The number of hydrogen-bond donors (Lipinski definition) is 2. The molecule has 2 fully saturated rings. The normalized spacial score (nSPS) is 17.6. The Morgan fingerprint density at radius 2 is 1.69 bits per heavy atom. The molecule has 0 aromatic heterocycles. The summed E-state index contributed by atoms with van der Waals surface area (Å²) in [6.07, 6.45) is 2.04. The smallest absolute Gasteiger partial charge is 0.320 e. The van der Waals surface area contributed by atoms with Gasteiger partial charge in [0, 0.05) is 73.8 Å². The third kappa shape index (κ3) is 7.64. The summed E-state index contributed by atoms with van der Waals surface area (Å²) in [5.41, 5.74) is 1.83. The van der Waals surface area contributed by atoms with Crippen LogP contribution in [0, 0.1) is 5.92 Å². The van der Waals surface area contributed by atoms with Gasteiger partial charge in [-0.25, -0.2) is 4.79 Å². The molecule has 4 amide bonds. The Morgan fingerprint density at radius 1 is 0.974 bits per heavy atom. The molecule has 39 heavy (non-hydrogen) atoms. The predicted molar refractivity (Wildman–Crippen MR) is 148 cm³/mol. The molecule has 9 nitrogen and oxygen atoms in total. The van der Waals surface area contributed by atoms with E-state index in [1.165, 1.54) is 0 Å². The minimum Gasteiger partial charge on any atom is -0.481 e. The van der Waals surface area contributed by atoms with Gasteiger partial charge in [-0.15, -0.1) is 0 Å². The number of aliphatic carboxylic acids is 1. The first-order valence-corrected chi connectivity index (χ1v) is 13.8. The standard InChI is InChI=1S/C28H32Cl2N4O5/c29-22-9-8-21(24(30)14-22)18-34-16-19(13-26(36)37)15-33(28(34)39)17-20-5-1-2-6-23(20)27(38)31-10-4-12-32-11-3-7-25(32)35/h1-2,5-6,8-9,14,19H,3-4,7,10-13,15-18H2,(H,31,38)(H,36,37). The molecular weight excluding hydrogens is 543 g/mol. The highest BCUT2D eigenvalue weighted by Gasteiger charge is 2.33. The van der Waals surface area contributed by atoms with Crippen LogP contribution >= 0.6 is 23.2 Å². The number of carbonyl (C=O) groups is 4. The highest BCUT2D eigenvalue weighted by Crippen LogP contribution is 2.27. The number of urea groups is 1. The van der Waals surface area contributed by atoms with Crippen LogP contribution in [0.15, 0.2) is 42.5 Å². The van der Waals surface area contributed by atoms with E-state index >= 15 is 0 Å². The molecule has 2 aromatic carbocycles. The number of rotatable bonds is 11. The van der Waals surface area contributed by atoms with Crippen molar-refractivity contribution in [3.8, 4) is 0 Å². The molecule has 11 heteroatoms. The topological polar surface area (TPSA) is 110 Å². The molecule has 0 saturated carbocycles. The molecule has 2 heterocycles. The van der Waals surface area contributed by atoms with Crippen molar-refractivity contribution in [2.75, 3.05) is 32.7 Å². The van der Waals surface area contributed by atoms with Crippen LogP contribution in [-0.2, 0) is 22.7 Å². The average Bonchev–Trinajstić information content (AvgIpc) is 3.30. The van der Waals surface area contributed by atoms with Crippen LogP contribution in [0.3, 0.4) is 0 Å². The van der Waals surface area contributed by atoms with Gasteiger partial charge < -0.3 is 25.1 Å². The van der Waals surface area contributed by atoms with Crippen molar-refractivity contribution in [1.29, 1.82) is 0 Å². The van der Waals surface area contributed by atoms with E-state index in [1.54, 1.807) is 52.3 Å². The first-order valence-electron chi connectivity index (χ1n) is 13.0. The maximum absolute atomic E-state index is 13.5. The maximum Gasteiger partial charge on any atom is 0.320 e. The second kappa shape index (κ2) is 13.2. The van der Waals surface area contributed by atoms with E-state index in [0.717, 1.165) is 13.0 Å². The second-order valence-corrected chi connectivity index (χ2v) is 10.8. The maximum atomic E-state index is 13.5. The summed E-state index contributed by atoms with van der Waals surface area (Å²) >= 11 is 12.4. The quantitative estimate of drug-likeness (QED) is 0.389. The minimum absolute atomic E-state index is 0.0870. The van der Waals surface area contributed by atoms with Crippen molar-refractivity contribution in [3.05, 3.63) is 69.2 Å². The van der Waals surface area contributed by atoms with Crippen LogP contribution in [0.1, 0.15) is 47.2 Å². The Kier molecular flexibility index (Phi) is 9.69. The molecule has 0 radical (unpaired) electrons. The van der Waals surface area contributed by atoms with Gasteiger partial charge in [0.25, 0.3) is 5.91 Å². The van der Waals surface area contributed by atoms with Crippen molar-refractivity contribution < 1.29 is 24.3 Å². The average molecular weight is 575 g/mol. The van der Waals surface area contributed by atoms with E-state index < -0.39 is 5.97 Å². The summed E-state index contributed by atoms with van der Waals surface area (Å²) < 4.78 is 0. The lowest BCUT2D eigenvalue weighted by atomic mass is 9.99. The van der Waals surface area contributed by atoms with Gasteiger partial charge in [0.2, 0.25) is 5.91 Å². The predicted octanol–water partition coefficient (Wildman–Crippen LogP) is 4.26. The Labute approximate surface area is 237 Å². The lowest BCUT2D eigenvalue weighted by Gasteiger charge is -2.40. The molecule has 0 bridgehead atoms. The SMILES string of the molecule is O=C(O)CC1CN(Cc2ccc(Cl)cc2Cl)C(=O)N(Cc2ccccc2C(=O)NCCCN2CCCC2=O)C1. The summed E-state index contributed by atoms with van der Waals surface area (Å²) in [6, 6.07) is 11.9. The van der Waals surface area contributed by atoms with Crippen LogP contribution in [0.5, 0.6) is 0 Å². The van der Waals surface area contributed by atoms with Crippen molar-refractivity contribution in [2.24, 2.45) is 5.92 Å². The van der Waals surface area contributed by atoms with Crippen LogP contribution in [0.25, 0.3) is 0 Å². The molecular formula is C28H32Cl2N4O5. The summed E-state index contributed by atoms with van der Waals surface area (Å²) in [5, 5.41) is 13.3. The van der Waals surface area contributed by atoms with Crippen molar-refractivity contribution in [2.45, 2.75) is 38.8 Å². The number of hydrogen-bond acceptors (Lipinski definition) is 4. The van der Waals surface area contributed by atoms with Crippen LogP contribution in [0.2, 0.25) is 10.0 Å². The molecule has 0 spiro atoms. The molecule has 1 unspecified atom stereocenters. The third-order valence-corrected chi connectivity index (χ3v) is 7.61. The summed E-state index contributed by atoms with van der Waals surface area (Å²) in [4.78, 5) is 54.8. The Morgan fingerprint density at radius 3 is 2.36 bits per heavy atom. The Balaban J connectivity index is 1.44. The Hall–Kier alpha value is -3.30. The first-order chi connectivity index (χ1) is 18.7. The summed E-state index contributed by atoms with van der Waals surface area (Å²) in [7, 11) is 0. The number of nitrogens with one attached hydrogen (secondary N) is 1. The van der Waals surface area contributed by atoms with Gasteiger partial charge >= 0.3 is 12.0 Å². The number of amides is 4. The van der Waals surface area contributed by atoms with E-state index in [-0.39, 0.29) is 56.4 Å². The summed E-state index contributed by atoms with van der Waals surface area (Å²) in [5.74, 6) is -1.32. The first kappa shape index (κ1) is 28.7. The highest BCUT2D eigenvalue weighted by molar-refractivity contribution is 6.35. The fourth-order valence-corrected chi connectivity index (χ4v) is 5.59. The van der Waals surface area contributed by atoms with Crippen molar-refractivity contribution >= 4 is 47.0 Å². The zero-order chi connectivity index (χ0) is 27.9. The molecule has 2 aromatic rings. The van der Waals surface area contributed by atoms with Crippen molar-refractivity contribution in [1.82, 2.24) is 20.0 Å². The Bertz CT molecular complexity index is 1240. The van der Waals surface area contributed by atoms with Gasteiger partial charge in [-0.05, 0) is 42.2 Å². The van der Waals surface area contributed by atoms with Crippen LogP contribution in [0.4, 0.5) is 4.79 Å². The molecule has 4 rings (SSSR count). The van der Waals surface area contributed by atoms with Gasteiger partial charge in [-0.2, -0.15) is 0 Å². The van der Waals surface area contributed by atoms with Crippen molar-refractivity contribution in [3.63, 3.8) is 0 Å². The van der Waals surface area contributed by atoms with E-state index in [9.17, 15) is 24.3 Å². The lowest BCUT2D eigenvalue weighted by molar-refractivity contribution is -0.138. The van der Waals surface area contributed by atoms with E-state index in [2.05, 4.69) is 5.32 Å². The fourth-order valence-electron chi connectivity index (χ4n) is 5.13. The number of benzene rings is 2. The number of likely N-dealkylation sites (tertiary alicyclic amines) is 1. The van der Waals surface area contributed by atoms with Gasteiger partial charge in [0.05, 0.1) is 6.42 Å². The lowest BCUT2D eigenvalue weighted by Crippen LogP contribution is -2.53. The van der Waals surface area contributed by atoms with Crippen LogP contribution in [-0.4, -0.2) is 76.3 Å². The van der Waals surface area contributed by atoms with E-state index in [4.69, 9.17) is 23.2 Å². The minimum atomic E-state index is -0.936. The second-order valence-electron chi connectivity index (χ2n) is 9.99. The van der Waals surface area contributed by atoms with Gasteiger partial charge in [-0.1, -0.05) is 47.5 Å². The zero-order valence-electron chi connectivity index (χ0n) is 21.6. The third-order valence-electron chi connectivity index (χ3n) is 7.02. The molecule has 0 aliphatic carbocycles. The molecule has 2 N–H and O–H groups in total.